The summed E-state index contributed by atoms with van der Waals surface area (Å²) in [4.78, 5) is 12.6. The first-order valence-electron chi connectivity index (χ1n) is 8.85. The van der Waals surface area contributed by atoms with E-state index >= 15 is 0 Å². The number of aliphatic hydroxyl groups is 3. The Labute approximate surface area is 151 Å². The van der Waals surface area contributed by atoms with Crippen LogP contribution in [0.15, 0.2) is 46.0 Å². The lowest BCUT2D eigenvalue weighted by Gasteiger charge is -2.33. The Balaban J connectivity index is 3.40. The van der Waals surface area contributed by atoms with Gasteiger partial charge in [-0.15, -0.1) is 0 Å². The quantitative estimate of drug-likeness (QED) is 0.561. The molecule has 1 aliphatic carbocycles. The third-order valence-corrected chi connectivity index (χ3v) is 4.26. The molecule has 0 radical (unpaired) electrons. The molecule has 0 saturated heterocycles. The van der Waals surface area contributed by atoms with Crippen molar-refractivity contribution in [2.45, 2.75) is 72.8 Å². The van der Waals surface area contributed by atoms with Gasteiger partial charge < -0.3 is 15.3 Å². The molecule has 0 aromatic rings. The SMILES string of the molecule is CC(C)=CCC1=C(O)[C@@](O)(CC=C(C)C)CC(C(=O)CC(C)C)=C1O. The number of rotatable bonds is 7. The predicted molar refractivity (Wildman–Crippen MR) is 101 cm³/mol. The smallest absolute Gasteiger partial charge is 0.162 e. The Kier molecular flexibility index (Phi) is 7.24. The van der Waals surface area contributed by atoms with Crippen molar-refractivity contribution in [2.24, 2.45) is 5.92 Å². The van der Waals surface area contributed by atoms with E-state index in [1.165, 1.54) is 0 Å². The fraction of sp³-hybridized carbons (Fsp3) is 0.571. The lowest BCUT2D eigenvalue weighted by atomic mass is 9.78. The van der Waals surface area contributed by atoms with Crippen LogP contribution in [0.1, 0.15) is 67.2 Å². The Morgan fingerprint density at radius 3 is 2.16 bits per heavy atom. The molecule has 0 bridgehead atoms. The third-order valence-electron chi connectivity index (χ3n) is 4.26. The largest absolute Gasteiger partial charge is 0.509 e. The van der Waals surface area contributed by atoms with Crippen molar-refractivity contribution in [1.29, 1.82) is 0 Å². The maximum atomic E-state index is 12.6. The molecule has 0 aromatic carbocycles. The molecule has 0 fully saturated rings. The molecular weight excluding hydrogens is 316 g/mol. The average molecular weight is 348 g/mol. The van der Waals surface area contributed by atoms with Crippen LogP contribution < -0.4 is 0 Å². The highest BCUT2D eigenvalue weighted by molar-refractivity contribution is 5.97. The summed E-state index contributed by atoms with van der Waals surface area (Å²) in [7, 11) is 0. The maximum Gasteiger partial charge on any atom is 0.162 e. The highest BCUT2D eigenvalue weighted by atomic mass is 16.3. The second-order valence-electron chi connectivity index (χ2n) is 7.86. The lowest BCUT2D eigenvalue weighted by molar-refractivity contribution is -0.117. The van der Waals surface area contributed by atoms with Crippen molar-refractivity contribution >= 4 is 5.78 Å². The number of carbonyl (C=O) groups is 1. The fourth-order valence-electron chi connectivity index (χ4n) is 2.80. The van der Waals surface area contributed by atoms with Crippen molar-refractivity contribution in [2.75, 3.05) is 0 Å². The number of hydrogen-bond acceptors (Lipinski definition) is 4. The van der Waals surface area contributed by atoms with E-state index in [0.29, 0.717) is 6.42 Å². The average Bonchev–Trinajstić information content (AvgIpc) is 2.48. The van der Waals surface area contributed by atoms with Crippen LogP contribution >= 0.6 is 0 Å². The first kappa shape index (κ1) is 21.2. The number of ketones is 1. The third kappa shape index (κ3) is 5.60. The van der Waals surface area contributed by atoms with E-state index < -0.39 is 5.60 Å². The van der Waals surface area contributed by atoms with E-state index in [9.17, 15) is 20.1 Å². The Morgan fingerprint density at radius 1 is 1.12 bits per heavy atom. The number of allylic oxidation sites excluding steroid dienone is 4. The van der Waals surface area contributed by atoms with E-state index in [0.717, 1.165) is 11.1 Å². The van der Waals surface area contributed by atoms with Crippen molar-refractivity contribution in [1.82, 2.24) is 0 Å². The second kappa shape index (κ2) is 8.52. The first-order valence-corrected chi connectivity index (χ1v) is 8.85. The minimum absolute atomic E-state index is 0.0711. The molecule has 0 aromatic heterocycles. The second-order valence-corrected chi connectivity index (χ2v) is 7.86. The van der Waals surface area contributed by atoms with Gasteiger partial charge in [0.05, 0.1) is 0 Å². The Bertz CT molecular complexity index is 639. The molecule has 1 aliphatic rings. The van der Waals surface area contributed by atoms with Crippen LogP contribution in [-0.4, -0.2) is 26.7 Å². The fourth-order valence-corrected chi connectivity index (χ4v) is 2.80. The van der Waals surface area contributed by atoms with Crippen LogP contribution in [0.3, 0.4) is 0 Å². The van der Waals surface area contributed by atoms with Crippen LogP contribution in [0.25, 0.3) is 0 Å². The number of hydrogen-bond donors (Lipinski definition) is 3. The lowest BCUT2D eigenvalue weighted by Crippen LogP contribution is -2.37. The van der Waals surface area contributed by atoms with Crippen LogP contribution in [0.5, 0.6) is 0 Å². The van der Waals surface area contributed by atoms with Crippen molar-refractivity contribution in [3.8, 4) is 0 Å². The molecule has 0 amide bonds. The van der Waals surface area contributed by atoms with Gasteiger partial charge in [0.15, 0.2) is 5.78 Å². The molecule has 140 valence electrons. The number of carbonyl (C=O) groups excluding carboxylic acids is 1. The molecule has 4 heteroatoms. The van der Waals surface area contributed by atoms with Gasteiger partial charge in [0.1, 0.15) is 17.1 Å². The summed E-state index contributed by atoms with van der Waals surface area (Å²) >= 11 is 0. The Morgan fingerprint density at radius 2 is 1.68 bits per heavy atom. The van der Waals surface area contributed by atoms with Gasteiger partial charge in [-0.05, 0) is 40.0 Å². The molecule has 0 saturated carbocycles. The van der Waals surface area contributed by atoms with Crippen LogP contribution in [0.2, 0.25) is 0 Å². The van der Waals surface area contributed by atoms with Gasteiger partial charge in [-0.1, -0.05) is 37.1 Å². The molecule has 0 heterocycles. The van der Waals surface area contributed by atoms with Crippen LogP contribution in [0, 0.1) is 5.92 Å². The van der Waals surface area contributed by atoms with E-state index in [1.54, 1.807) is 0 Å². The summed E-state index contributed by atoms with van der Waals surface area (Å²) in [6, 6.07) is 0. The summed E-state index contributed by atoms with van der Waals surface area (Å²) in [5, 5.41) is 32.2. The summed E-state index contributed by atoms with van der Waals surface area (Å²) in [6.45, 7) is 11.5. The molecule has 25 heavy (non-hydrogen) atoms. The summed E-state index contributed by atoms with van der Waals surface area (Å²) in [5.74, 6) is -0.437. The zero-order valence-corrected chi connectivity index (χ0v) is 16.3. The summed E-state index contributed by atoms with van der Waals surface area (Å²) in [5.41, 5.74) is 0.941. The van der Waals surface area contributed by atoms with Gasteiger partial charge in [0.2, 0.25) is 0 Å². The molecule has 4 nitrogen and oxygen atoms in total. The monoisotopic (exact) mass is 348 g/mol. The molecule has 0 aliphatic heterocycles. The number of aliphatic hydroxyl groups excluding tert-OH is 2. The van der Waals surface area contributed by atoms with Crippen LogP contribution in [0.4, 0.5) is 0 Å². The van der Waals surface area contributed by atoms with E-state index in [4.69, 9.17) is 0 Å². The molecule has 0 unspecified atom stereocenters. The molecule has 1 atom stereocenters. The molecule has 0 spiro atoms. The van der Waals surface area contributed by atoms with Crippen molar-refractivity contribution in [3.05, 3.63) is 46.0 Å². The highest BCUT2D eigenvalue weighted by Gasteiger charge is 2.41. The zero-order valence-electron chi connectivity index (χ0n) is 16.3. The number of Topliss-reactive ketones (excluding diaryl/α,β-unsaturated/α-hetero) is 1. The molecule has 3 N–H and O–H groups in total. The topological polar surface area (TPSA) is 77.8 Å². The highest BCUT2D eigenvalue weighted by Crippen LogP contribution is 2.40. The van der Waals surface area contributed by atoms with Crippen molar-refractivity contribution in [3.63, 3.8) is 0 Å². The van der Waals surface area contributed by atoms with Crippen molar-refractivity contribution < 1.29 is 20.1 Å². The standard InChI is InChI=1S/C21H32O4/c1-13(2)7-8-16-19(23)17(18(22)11-15(5)6)12-21(25,20(16)24)10-9-14(3)4/h7,9,15,23-25H,8,10-12H2,1-6H3/t21-/m1/s1. The molecular formula is C21H32O4. The summed E-state index contributed by atoms with van der Waals surface area (Å²) in [6.07, 6.45) is 4.40. The Hall–Kier alpha value is -1.81. The molecule has 1 rings (SSSR count). The van der Waals surface area contributed by atoms with E-state index in [-0.39, 0.29) is 53.6 Å². The minimum atomic E-state index is -1.56. The van der Waals surface area contributed by atoms with Gasteiger partial charge in [-0.25, -0.2) is 0 Å². The van der Waals surface area contributed by atoms with Gasteiger partial charge >= 0.3 is 0 Å². The van der Waals surface area contributed by atoms with Gasteiger partial charge in [0, 0.05) is 30.4 Å². The first-order chi connectivity index (χ1) is 11.5. The van der Waals surface area contributed by atoms with E-state index in [2.05, 4.69) is 0 Å². The van der Waals surface area contributed by atoms with E-state index in [1.807, 2.05) is 53.7 Å². The van der Waals surface area contributed by atoms with Crippen LogP contribution in [-0.2, 0) is 4.79 Å². The summed E-state index contributed by atoms with van der Waals surface area (Å²) < 4.78 is 0. The van der Waals surface area contributed by atoms with Gasteiger partial charge in [0.25, 0.3) is 0 Å². The predicted octanol–water partition coefficient (Wildman–Crippen LogP) is 5.07. The zero-order chi connectivity index (χ0) is 19.4. The minimum Gasteiger partial charge on any atom is -0.509 e. The van der Waals surface area contributed by atoms with Gasteiger partial charge in [-0.2, -0.15) is 0 Å². The normalized spacial score (nSPS) is 20.8. The maximum absolute atomic E-state index is 12.6. The van der Waals surface area contributed by atoms with Gasteiger partial charge in [-0.3, -0.25) is 4.79 Å².